The van der Waals surface area contributed by atoms with Crippen LogP contribution in [0.5, 0.6) is 0 Å². The zero-order valence-electron chi connectivity index (χ0n) is 7.44. The van der Waals surface area contributed by atoms with E-state index < -0.39 is 23.0 Å². The summed E-state index contributed by atoms with van der Waals surface area (Å²) >= 11 is 0. The highest BCUT2D eigenvalue weighted by Crippen LogP contribution is 2.06. The number of hydrogen-bond donors (Lipinski definition) is 0. The predicted molar refractivity (Wildman–Crippen MR) is 42.3 cm³/mol. The van der Waals surface area contributed by atoms with Crippen molar-refractivity contribution in [1.29, 1.82) is 0 Å². The Morgan fingerprint density at radius 2 is 2.17 bits per heavy atom. The summed E-state index contributed by atoms with van der Waals surface area (Å²) in [5.74, 6) is -0.476. The summed E-state index contributed by atoms with van der Waals surface area (Å²) in [6, 6.07) is -0.834. The molecule has 5 heteroatoms. The number of carbonyl (C=O) groups is 1. The monoisotopic (exact) mass is 175 g/mol. The first-order chi connectivity index (χ1) is 5.49. The van der Waals surface area contributed by atoms with Crippen LogP contribution in [0.1, 0.15) is 27.2 Å². The van der Waals surface area contributed by atoms with Crippen molar-refractivity contribution in [1.82, 2.24) is 0 Å². The molecule has 0 aromatic heterocycles. The topological polar surface area (TPSA) is 69.4 Å². The number of carbonyl (C=O) groups excluding carboxylic acids is 1. The van der Waals surface area contributed by atoms with Crippen molar-refractivity contribution in [3.8, 4) is 0 Å². The fourth-order valence-corrected chi connectivity index (χ4v) is 0.872. The van der Waals surface area contributed by atoms with Gasteiger partial charge in [-0.3, -0.25) is 14.9 Å². The summed E-state index contributed by atoms with van der Waals surface area (Å²) in [4.78, 5) is 20.3. The van der Waals surface area contributed by atoms with Gasteiger partial charge in [0.2, 0.25) is 6.04 Å². The van der Waals surface area contributed by atoms with E-state index in [1.165, 1.54) is 13.8 Å². The largest absolute Gasteiger partial charge is 0.455 e. The molecule has 0 N–H and O–H groups in total. The molecule has 0 aliphatic carbocycles. The van der Waals surface area contributed by atoms with Gasteiger partial charge in [0.1, 0.15) is 0 Å². The van der Waals surface area contributed by atoms with E-state index in [1.807, 2.05) is 0 Å². The maximum absolute atomic E-state index is 10.5. The molecule has 0 amide bonds. The van der Waals surface area contributed by atoms with Crippen molar-refractivity contribution >= 4 is 5.97 Å². The molecule has 0 spiro atoms. The fraction of sp³-hybridized carbons (Fsp3) is 0.857. The molecule has 5 nitrogen and oxygen atoms in total. The van der Waals surface area contributed by atoms with E-state index >= 15 is 0 Å². The Balaban J connectivity index is 4.14. The Kier molecular flexibility index (Phi) is 4.25. The average Bonchev–Trinajstić information content (AvgIpc) is 1.98. The van der Waals surface area contributed by atoms with Gasteiger partial charge in [-0.15, -0.1) is 0 Å². The minimum Gasteiger partial charge on any atom is -0.455 e. The van der Waals surface area contributed by atoms with Crippen molar-refractivity contribution in [2.45, 2.75) is 39.3 Å². The molecular weight excluding hydrogens is 162 g/mol. The fourth-order valence-electron chi connectivity index (χ4n) is 0.872. The zero-order chi connectivity index (χ0) is 9.72. The maximum Gasteiger partial charge on any atom is 0.303 e. The third-order valence-electron chi connectivity index (χ3n) is 1.59. The zero-order valence-corrected chi connectivity index (χ0v) is 7.44. The molecule has 0 bridgehead atoms. The molecule has 0 heterocycles. The van der Waals surface area contributed by atoms with Crippen LogP contribution in [0.2, 0.25) is 0 Å². The quantitative estimate of drug-likeness (QED) is 0.363. The molecule has 0 aromatic rings. The second-order valence-electron chi connectivity index (χ2n) is 2.58. The molecule has 0 radical (unpaired) electrons. The molecule has 0 aliphatic rings. The molecule has 0 aromatic carbocycles. The van der Waals surface area contributed by atoms with Crippen LogP contribution in [0.3, 0.4) is 0 Å². The van der Waals surface area contributed by atoms with Gasteiger partial charge in [0.15, 0.2) is 6.10 Å². The molecule has 0 fully saturated rings. The Labute approximate surface area is 70.9 Å². The standard InChI is InChI=1S/C7H13NO4/c1-4-7(12-6(3)9)5(2)8(10)11/h5,7H,4H2,1-3H3. The van der Waals surface area contributed by atoms with E-state index in [4.69, 9.17) is 4.74 Å². The van der Waals surface area contributed by atoms with Crippen LogP contribution in [0.15, 0.2) is 0 Å². The lowest BCUT2D eigenvalue weighted by molar-refractivity contribution is -0.529. The number of ether oxygens (including phenoxy) is 1. The summed E-state index contributed by atoms with van der Waals surface area (Å²) in [5.41, 5.74) is 0. The second-order valence-corrected chi connectivity index (χ2v) is 2.58. The lowest BCUT2D eigenvalue weighted by Crippen LogP contribution is -2.33. The third kappa shape index (κ3) is 3.32. The molecular formula is C7H13NO4. The van der Waals surface area contributed by atoms with Gasteiger partial charge in [-0.25, -0.2) is 0 Å². The number of hydrogen-bond acceptors (Lipinski definition) is 4. The van der Waals surface area contributed by atoms with Crippen molar-refractivity contribution in [3.63, 3.8) is 0 Å². The highest BCUT2D eigenvalue weighted by atomic mass is 16.6. The van der Waals surface area contributed by atoms with E-state index in [0.717, 1.165) is 0 Å². The molecule has 0 rings (SSSR count). The molecule has 2 unspecified atom stereocenters. The first kappa shape index (κ1) is 10.9. The Morgan fingerprint density at radius 1 is 1.67 bits per heavy atom. The van der Waals surface area contributed by atoms with Gasteiger partial charge < -0.3 is 4.74 Å². The first-order valence-corrected chi connectivity index (χ1v) is 3.79. The van der Waals surface area contributed by atoms with Crippen molar-refractivity contribution < 1.29 is 14.5 Å². The third-order valence-corrected chi connectivity index (χ3v) is 1.59. The second kappa shape index (κ2) is 4.69. The van der Waals surface area contributed by atoms with Gasteiger partial charge in [0, 0.05) is 18.8 Å². The smallest absolute Gasteiger partial charge is 0.303 e. The van der Waals surface area contributed by atoms with Crippen molar-refractivity contribution in [3.05, 3.63) is 10.1 Å². The van der Waals surface area contributed by atoms with Crippen molar-refractivity contribution in [2.24, 2.45) is 0 Å². The Morgan fingerprint density at radius 3 is 2.42 bits per heavy atom. The molecule has 0 saturated carbocycles. The normalized spacial score (nSPS) is 14.9. The van der Waals surface area contributed by atoms with Crippen molar-refractivity contribution in [2.75, 3.05) is 0 Å². The van der Waals surface area contributed by atoms with Crippen LogP contribution in [0, 0.1) is 10.1 Å². The molecule has 12 heavy (non-hydrogen) atoms. The summed E-state index contributed by atoms with van der Waals surface area (Å²) in [7, 11) is 0. The number of esters is 1. The van der Waals surface area contributed by atoms with Crippen LogP contribution in [0.4, 0.5) is 0 Å². The van der Waals surface area contributed by atoms with Gasteiger partial charge in [0.05, 0.1) is 0 Å². The molecule has 0 aliphatic heterocycles. The van der Waals surface area contributed by atoms with Gasteiger partial charge >= 0.3 is 5.97 Å². The molecule has 70 valence electrons. The van der Waals surface area contributed by atoms with E-state index in [0.29, 0.717) is 6.42 Å². The summed E-state index contributed by atoms with van der Waals surface area (Å²) in [6.45, 7) is 4.42. The average molecular weight is 175 g/mol. The van der Waals surface area contributed by atoms with Crippen LogP contribution in [0.25, 0.3) is 0 Å². The number of nitrogens with zero attached hydrogens (tertiary/aromatic N) is 1. The highest BCUT2D eigenvalue weighted by Gasteiger charge is 2.27. The first-order valence-electron chi connectivity index (χ1n) is 3.79. The van der Waals surface area contributed by atoms with E-state index in [-0.39, 0.29) is 0 Å². The Bertz CT molecular complexity index is 180. The minimum atomic E-state index is -0.834. The van der Waals surface area contributed by atoms with Gasteiger partial charge in [-0.1, -0.05) is 6.92 Å². The number of nitro groups is 1. The van der Waals surface area contributed by atoms with Crippen LogP contribution < -0.4 is 0 Å². The lowest BCUT2D eigenvalue weighted by Gasteiger charge is -2.15. The molecule has 0 saturated heterocycles. The van der Waals surface area contributed by atoms with Crippen LogP contribution >= 0.6 is 0 Å². The highest BCUT2D eigenvalue weighted by molar-refractivity contribution is 5.66. The Hall–Kier alpha value is -1.13. The molecule has 2 atom stereocenters. The minimum absolute atomic E-state index is 0.447. The van der Waals surface area contributed by atoms with Crippen LogP contribution in [-0.2, 0) is 9.53 Å². The lowest BCUT2D eigenvalue weighted by atomic mass is 10.1. The van der Waals surface area contributed by atoms with Gasteiger partial charge in [0.25, 0.3) is 0 Å². The number of rotatable bonds is 4. The maximum atomic E-state index is 10.5. The summed E-state index contributed by atoms with van der Waals surface area (Å²) < 4.78 is 4.74. The van der Waals surface area contributed by atoms with Gasteiger partial charge in [-0.05, 0) is 6.42 Å². The predicted octanol–water partition coefficient (Wildman–Crippen LogP) is 0.993. The van der Waals surface area contributed by atoms with E-state index in [9.17, 15) is 14.9 Å². The summed E-state index contributed by atoms with van der Waals surface area (Å²) in [5, 5.41) is 10.3. The van der Waals surface area contributed by atoms with Gasteiger partial charge in [-0.2, -0.15) is 0 Å². The summed E-state index contributed by atoms with van der Waals surface area (Å²) in [6.07, 6.45) is -0.153. The van der Waals surface area contributed by atoms with E-state index in [1.54, 1.807) is 6.92 Å². The van der Waals surface area contributed by atoms with E-state index in [2.05, 4.69) is 0 Å². The van der Waals surface area contributed by atoms with Crippen LogP contribution in [-0.4, -0.2) is 23.0 Å². The SMILES string of the molecule is CCC(OC(C)=O)C(C)[N+](=O)[O-].